The number of nitrogens with one attached hydrogen (secondary N) is 1. The Hall–Kier alpha value is -0.930. The minimum Gasteiger partial charge on any atom is -0.382 e. The van der Waals surface area contributed by atoms with E-state index in [9.17, 15) is 0 Å². The Balaban J connectivity index is 2.58. The highest BCUT2D eigenvalue weighted by molar-refractivity contribution is 5.14. The number of likely N-dealkylation sites (N-methyl/N-ethyl adjacent to an activating group) is 1. The molecule has 1 heterocycles. The van der Waals surface area contributed by atoms with E-state index in [0.29, 0.717) is 6.04 Å². The first-order chi connectivity index (χ1) is 8.69. The van der Waals surface area contributed by atoms with E-state index < -0.39 is 0 Å². The zero-order valence-electron chi connectivity index (χ0n) is 12.1. The van der Waals surface area contributed by atoms with Gasteiger partial charge in [0.2, 0.25) is 0 Å². The second-order valence-electron chi connectivity index (χ2n) is 4.75. The molecule has 3 heteroatoms. The lowest BCUT2D eigenvalue weighted by atomic mass is 10.0. The number of aryl methyl sites for hydroxylation is 1. The summed E-state index contributed by atoms with van der Waals surface area (Å²) < 4.78 is 5.34. The van der Waals surface area contributed by atoms with Crippen LogP contribution in [0.5, 0.6) is 0 Å². The number of hydrogen-bond donors (Lipinski definition) is 1. The van der Waals surface area contributed by atoms with Crippen LogP contribution in [-0.2, 0) is 17.6 Å². The number of methoxy groups -OCH3 is 1. The van der Waals surface area contributed by atoms with Crippen molar-refractivity contribution >= 4 is 0 Å². The molecule has 0 saturated carbocycles. The summed E-state index contributed by atoms with van der Waals surface area (Å²) in [5.74, 6) is 0. The van der Waals surface area contributed by atoms with E-state index in [0.717, 1.165) is 31.5 Å². The van der Waals surface area contributed by atoms with Crippen molar-refractivity contribution in [1.29, 1.82) is 0 Å². The van der Waals surface area contributed by atoms with Gasteiger partial charge in [0.05, 0.1) is 6.10 Å². The van der Waals surface area contributed by atoms with E-state index >= 15 is 0 Å². The SMILES string of the molecule is CCNC(Cc1ccc(CC)cn1)CC(C)OC. The fourth-order valence-electron chi connectivity index (χ4n) is 2.06. The topological polar surface area (TPSA) is 34.2 Å². The highest BCUT2D eigenvalue weighted by Crippen LogP contribution is 2.09. The minimum absolute atomic E-state index is 0.281. The van der Waals surface area contributed by atoms with Gasteiger partial charge in [-0.1, -0.05) is 19.9 Å². The summed E-state index contributed by atoms with van der Waals surface area (Å²) >= 11 is 0. The maximum absolute atomic E-state index is 5.34. The number of rotatable bonds is 8. The second-order valence-corrected chi connectivity index (χ2v) is 4.75. The van der Waals surface area contributed by atoms with Gasteiger partial charge in [-0.05, 0) is 37.9 Å². The minimum atomic E-state index is 0.281. The van der Waals surface area contributed by atoms with E-state index in [1.165, 1.54) is 5.56 Å². The monoisotopic (exact) mass is 250 g/mol. The number of nitrogens with zero attached hydrogens (tertiary/aromatic N) is 1. The molecule has 0 bridgehead atoms. The van der Waals surface area contributed by atoms with Gasteiger partial charge in [0.1, 0.15) is 0 Å². The van der Waals surface area contributed by atoms with Crippen LogP contribution in [0.25, 0.3) is 0 Å². The van der Waals surface area contributed by atoms with Crippen LogP contribution in [0.15, 0.2) is 18.3 Å². The van der Waals surface area contributed by atoms with Crippen LogP contribution >= 0.6 is 0 Å². The van der Waals surface area contributed by atoms with Gasteiger partial charge in [-0.25, -0.2) is 0 Å². The largest absolute Gasteiger partial charge is 0.382 e. The molecular weight excluding hydrogens is 224 g/mol. The average Bonchev–Trinajstić information content (AvgIpc) is 2.39. The molecule has 0 amide bonds. The van der Waals surface area contributed by atoms with Gasteiger partial charge in [-0.15, -0.1) is 0 Å². The molecule has 0 fully saturated rings. The van der Waals surface area contributed by atoms with Gasteiger partial charge < -0.3 is 10.1 Å². The molecule has 2 unspecified atom stereocenters. The average molecular weight is 250 g/mol. The first-order valence-electron chi connectivity index (χ1n) is 6.89. The van der Waals surface area contributed by atoms with Gasteiger partial charge in [-0.3, -0.25) is 4.98 Å². The summed E-state index contributed by atoms with van der Waals surface area (Å²) in [5.41, 5.74) is 2.45. The summed E-state index contributed by atoms with van der Waals surface area (Å²) in [6, 6.07) is 4.75. The molecule has 0 aliphatic rings. The summed E-state index contributed by atoms with van der Waals surface area (Å²) in [7, 11) is 1.77. The van der Waals surface area contributed by atoms with E-state index in [1.54, 1.807) is 7.11 Å². The number of hydrogen-bond acceptors (Lipinski definition) is 3. The van der Waals surface area contributed by atoms with E-state index in [2.05, 4.69) is 43.2 Å². The van der Waals surface area contributed by atoms with Crippen molar-refractivity contribution in [3.8, 4) is 0 Å². The molecule has 102 valence electrons. The van der Waals surface area contributed by atoms with Crippen molar-refractivity contribution in [2.75, 3.05) is 13.7 Å². The molecule has 0 aliphatic carbocycles. The van der Waals surface area contributed by atoms with Crippen molar-refractivity contribution in [3.05, 3.63) is 29.6 Å². The highest BCUT2D eigenvalue weighted by Gasteiger charge is 2.13. The molecule has 1 rings (SSSR count). The van der Waals surface area contributed by atoms with Crippen LogP contribution in [0.1, 0.15) is 38.4 Å². The summed E-state index contributed by atoms with van der Waals surface area (Å²) in [5, 5.41) is 3.50. The number of aromatic nitrogens is 1. The molecular formula is C15H26N2O. The molecule has 1 aromatic rings. The Labute approximate surface area is 111 Å². The lowest BCUT2D eigenvalue weighted by molar-refractivity contribution is 0.100. The van der Waals surface area contributed by atoms with Crippen LogP contribution < -0.4 is 5.32 Å². The zero-order chi connectivity index (χ0) is 13.4. The van der Waals surface area contributed by atoms with Gasteiger partial charge in [0.15, 0.2) is 0 Å². The maximum Gasteiger partial charge on any atom is 0.0558 e. The van der Waals surface area contributed by atoms with Crippen molar-refractivity contribution in [2.45, 2.75) is 52.2 Å². The molecule has 0 aromatic carbocycles. The molecule has 0 saturated heterocycles. The Morgan fingerprint density at radius 2 is 2.11 bits per heavy atom. The lowest BCUT2D eigenvalue weighted by Gasteiger charge is -2.20. The van der Waals surface area contributed by atoms with E-state index in [-0.39, 0.29) is 6.10 Å². The first-order valence-corrected chi connectivity index (χ1v) is 6.89. The van der Waals surface area contributed by atoms with Crippen LogP contribution in [-0.4, -0.2) is 30.8 Å². The van der Waals surface area contributed by atoms with Crippen molar-refractivity contribution in [1.82, 2.24) is 10.3 Å². The summed E-state index contributed by atoms with van der Waals surface area (Å²) in [6.45, 7) is 7.38. The summed E-state index contributed by atoms with van der Waals surface area (Å²) in [6.07, 6.45) is 5.29. The Bertz CT molecular complexity index is 324. The quantitative estimate of drug-likeness (QED) is 0.770. The Morgan fingerprint density at radius 1 is 1.33 bits per heavy atom. The van der Waals surface area contributed by atoms with Crippen molar-refractivity contribution in [2.24, 2.45) is 0 Å². The predicted molar refractivity (Wildman–Crippen MR) is 75.9 cm³/mol. The van der Waals surface area contributed by atoms with Crippen LogP contribution in [0.3, 0.4) is 0 Å². The molecule has 1 N–H and O–H groups in total. The van der Waals surface area contributed by atoms with Gasteiger partial charge in [-0.2, -0.15) is 0 Å². The molecule has 0 aliphatic heterocycles. The third kappa shape index (κ3) is 5.15. The van der Waals surface area contributed by atoms with Crippen LogP contribution in [0.2, 0.25) is 0 Å². The fraction of sp³-hybridized carbons (Fsp3) is 0.667. The molecule has 0 spiro atoms. The van der Waals surface area contributed by atoms with Crippen LogP contribution in [0, 0.1) is 0 Å². The third-order valence-electron chi connectivity index (χ3n) is 3.26. The summed E-state index contributed by atoms with van der Waals surface area (Å²) in [4.78, 5) is 4.52. The molecule has 3 nitrogen and oxygen atoms in total. The maximum atomic E-state index is 5.34. The second kappa shape index (κ2) is 8.22. The third-order valence-corrected chi connectivity index (χ3v) is 3.26. The normalized spacial score (nSPS) is 14.4. The Morgan fingerprint density at radius 3 is 2.61 bits per heavy atom. The van der Waals surface area contributed by atoms with Crippen molar-refractivity contribution in [3.63, 3.8) is 0 Å². The number of pyridine rings is 1. The van der Waals surface area contributed by atoms with Crippen molar-refractivity contribution < 1.29 is 4.74 Å². The first kappa shape index (κ1) is 15.1. The van der Waals surface area contributed by atoms with Gasteiger partial charge in [0, 0.05) is 31.5 Å². The molecule has 18 heavy (non-hydrogen) atoms. The molecule has 2 atom stereocenters. The fourth-order valence-corrected chi connectivity index (χ4v) is 2.06. The van der Waals surface area contributed by atoms with Gasteiger partial charge >= 0.3 is 0 Å². The van der Waals surface area contributed by atoms with Crippen LogP contribution in [0.4, 0.5) is 0 Å². The van der Waals surface area contributed by atoms with Gasteiger partial charge in [0.25, 0.3) is 0 Å². The lowest BCUT2D eigenvalue weighted by Crippen LogP contribution is -2.34. The zero-order valence-corrected chi connectivity index (χ0v) is 12.1. The number of ether oxygens (including phenoxy) is 1. The predicted octanol–water partition coefficient (Wildman–Crippen LogP) is 2.59. The van der Waals surface area contributed by atoms with E-state index in [4.69, 9.17) is 4.74 Å². The highest BCUT2D eigenvalue weighted by atomic mass is 16.5. The smallest absolute Gasteiger partial charge is 0.0558 e. The Kier molecular flexibility index (Phi) is 6.91. The molecule has 0 radical (unpaired) electrons. The standard InChI is InChI=1S/C15H26N2O/c1-5-13-7-8-14(17-11-13)10-15(16-6-2)9-12(3)18-4/h7-8,11-12,15-16H,5-6,9-10H2,1-4H3. The molecule has 1 aromatic heterocycles. The van der Waals surface area contributed by atoms with E-state index in [1.807, 2.05) is 6.20 Å².